The molecule has 0 bridgehead atoms. The summed E-state index contributed by atoms with van der Waals surface area (Å²) in [5.41, 5.74) is 1.20. The monoisotopic (exact) mass is 583 g/mol. The van der Waals surface area contributed by atoms with Crippen LogP contribution in [0.15, 0.2) is 53.6 Å². The van der Waals surface area contributed by atoms with Crippen molar-refractivity contribution >= 4 is 21.7 Å². The Morgan fingerprint density at radius 3 is 2.15 bits per heavy atom. The average Bonchev–Trinajstić information content (AvgIpc) is 3.49. The van der Waals surface area contributed by atoms with Gasteiger partial charge in [-0.15, -0.1) is 0 Å². The Hall–Kier alpha value is -3.45. The lowest BCUT2D eigenvalue weighted by molar-refractivity contribution is -0.0284. The molecule has 0 unspecified atom stereocenters. The molecule has 2 fully saturated rings. The van der Waals surface area contributed by atoms with Gasteiger partial charge in [0.15, 0.2) is 11.5 Å². The Balaban J connectivity index is 1.26. The van der Waals surface area contributed by atoms with Crippen LogP contribution in [0.3, 0.4) is 0 Å². The summed E-state index contributed by atoms with van der Waals surface area (Å²) in [4.78, 5) is 11.4. The van der Waals surface area contributed by atoms with E-state index in [2.05, 4.69) is 20.2 Å². The fourth-order valence-corrected chi connectivity index (χ4v) is 6.90. The summed E-state index contributed by atoms with van der Waals surface area (Å²) in [5.74, 6) is 1.86. The van der Waals surface area contributed by atoms with E-state index in [1.807, 2.05) is 0 Å². The van der Waals surface area contributed by atoms with Crippen LogP contribution in [0.25, 0.3) is 11.3 Å². The van der Waals surface area contributed by atoms with Gasteiger partial charge in [-0.05, 0) is 81.2 Å². The number of ether oxygens (including phenoxy) is 3. The van der Waals surface area contributed by atoms with Crippen molar-refractivity contribution in [1.29, 1.82) is 0 Å². The topological polar surface area (TPSA) is 126 Å². The number of benzene rings is 2. The summed E-state index contributed by atoms with van der Waals surface area (Å²) in [6, 6.07) is 11.9. The largest absolute Gasteiger partial charge is 0.493 e. The minimum atomic E-state index is -3.68. The van der Waals surface area contributed by atoms with Crippen LogP contribution in [0.2, 0.25) is 0 Å². The number of hydrogen-bond acceptors (Lipinski definition) is 10. The lowest BCUT2D eigenvalue weighted by atomic mass is 9.92. The molecule has 5 rings (SSSR count). The highest BCUT2D eigenvalue weighted by Crippen LogP contribution is 2.41. The van der Waals surface area contributed by atoms with E-state index in [1.165, 1.54) is 4.31 Å². The number of methoxy groups -OCH3 is 3. The zero-order valence-corrected chi connectivity index (χ0v) is 24.5. The average molecular weight is 584 g/mol. The van der Waals surface area contributed by atoms with E-state index >= 15 is 0 Å². The van der Waals surface area contributed by atoms with Crippen molar-refractivity contribution in [3.63, 3.8) is 0 Å². The van der Waals surface area contributed by atoms with Crippen molar-refractivity contribution in [1.82, 2.24) is 19.2 Å². The minimum absolute atomic E-state index is 0.208. The number of β-amino-alcohol motifs (C(OH)–C–C–N with tert-alkyl or cyclic N) is 1. The Labute approximate surface area is 241 Å². The van der Waals surface area contributed by atoms with Gasteiger partial charge in [-0.3, -0.25) is 0 Å². The van der Waals surface area contributed by atoms with E-state index in [4.69, 9.17) is 14.2 Å². The summed E-state index contributed by atoms with van der Waals surface area (Å²) in [7, 11) is 0.980. The predicted molar refractivity (Wildman–Crippen MR) is 155 cm³/mol. The molecule has 0 saturated carbocycles. The predicted octanol–water partition coefficient (Wildman–Crippen LogP) is 3.52. The Morgan fingerprint density at radius 2 is 1.56 bits per heavy atom. The maximum absolute atomic E-state index is 13.3. The molecule has 0 radical (unpaired) electrons. The van der Waals surface area contributed by atoms with Crippen LogP contribution in [0.1, 0.15) is 25.7 Å². The molecule has 2 aliphatic heterocycles. The molecule has 2 aliphatic rings. The van der Waals surface area contributed by atoms with Gasteiger partial charge < -0.3 is 29.5 Å². The van der Waals surface area contributed by atoms with E-state index in [9.17, 15) is 13.5 Å². The number of sulfonamides is 1. The molecule has 2 aromatic carbocycles. The minimum Gasteiger partial charge on any atom is -0.493 e. The second-order valence-electron chi connectivity index (χ2n) is 10.4. The number of aliphatic hydroxyl groups is 1. The lowest BCUT2D eigenvalue weighted by Gasteiger charge is -2.39. The van der Waals surface area contributed by atoms with Crippen molar-refractivity contribution in [3.05, 3.63) is 48.7 Å². The van der Waals surface area contributed by atoms with Crippen molar-refractivity contribution in [3.8, 4) is 28.5 Å². The maximum atomic E-state index is 13.3. The van der Waals surface area contributed by atoms with Crippen LogP contribution in [0, 0.1) is 0 Å². The SMILES string of the molecule is COc1cc(-c2ccnc(Nc3ccc(S(=O)(=O)N4CCC(O)(CN5CCCC5)CC4)cc3)n2)cc(OC)c1OC. The Morgan fingerprint density at radius 1 is 0.927 bits per heavy atom. The lowest BCUT2D eigenvalue weighted by Crippen LogP contribution is -2.51. The smallest absolute Gasteiger partial charge is 0.243 e. The van der Waals surface area contributed by atoms with E-state index < -0.39 is 15.6 Å². The molecule has 12 heteroatoms. The molecular weight excluding hydrogens is 546 g/mol. The molecule has 41 heavy (non-hydrogen) atoms. The van der Waals surface area contributed by atoms with Crippen LogP contribution in [-0.2, 0) is 10.0 Å². The van der Waals surface area contributed by atoms with Crippen LogP contribution >= 0.6 is 0 Å². The first-order valence-electron chi connectivity index (χ1n) is 13.7. The number of aromatic nitrogens is 2. The number of nitrogens with zero attached hydrogens (tertiary/aromatic N) is 4. The molecular formula is C29H37N5O6S. The number of likely N-dealkylation sites (tertiary alicyclic amines) is 1. The zero-order valence-electron chi connectivity index (χ0n) is 23.7. The highest BCUT2D eigenvalue weighted by Gasteiger charge is 2.38. The van der Waals surface area contributed by atoms with Crippen molar-refractivity contribution in [2.24, 2.45) is 0 Å². The first-order chi connectivity index (χ1) is 19.7. The summed E-state index contributed by atoms with van der Waals surface area (Å²) < 4.78 is 44.4. The molecule has 0 amide bonds. The molecule has 1 aromatic heterocycles. The Bertz CT molecular complexity index is 1430. The fraction of sp³-hybridized carbons (Fsp3) is 0.448. The summed E-state index contributed by atoms with van der Waals surface area (Å²) in [5, 5.41) is 14.2. The van der Waals surface area contributed by atoms with Crippen LogP contribution < -0.4 is 19.5 Å². The van der Waals surface area contributed by atoms with Gasteiger partial charge in [0.1, 0.15) is 0 Å². The third-order valence-electron chi connectivity index (χ3n) is 7.73. The summed E-state index contributed by atoms with van der Waals surface area (Å²) in [6.45, 7) is 3.22. The second-order valence-corrected chi connectivity index (χ2v) is 12.4. The van der Waals surface area contributed by atoms with E-state index in [0.29, 0.717) is 67.1 Å². The molecule has 0 atom stereocenters. The molecule has 2 saturated heterocycles. The molecule has 11 nitrogen and oxygen atoms in total. The molecule has 220 valence electrons. The van der Waals surface area contributed by atoms with Gasteiger partial charge in [-0.2, -0.15) is 4.31 Å². The number of piperidine rings is 1. The van der Waals surface area contributed by atoms with Crippen LogP contribution in [-0.4, -0.2) is 92.4 Å². The fourth-order valence-electron chi connectivity index (χ4n) is 5.45. The molecule has 3 heterocycles. The van der Waals surface area contributed by atoms with Gasteiger partial charge in [0.05, 0.1) is 37.5 Å². The number of rotatable bonds is 10. The number of nitrogens with one attached hydrogen (secondary N) is 1. The van der Waals surface area contributed by atoms with Crippen molar-refractivity contribution in [2.45, 2.75) is 36.2 Å². The quantitative estimate of drug-likeness (QED) is 0.366. The van der Waals surface area contributed by atoms with Crippen LogP contribution in [0.5, 0.6) is 17.2 Å². The molecule has 0 aliphatic carbocycles. The third-order valence-corrected chi connectivity index (χ3v) is 9.65. The zero-order chi connectivity index (χ0) is 29.0. The molecule has 2 N–H and O–H groups in total. The van der Waals surface area contributed by atoms with E-state index in [1.54, 1.807) is 70.0 Å². The Kier molecular flexibility index (Phi) is 8.64. The third kappa shape index (κ3) is 6.40. The summed E-state index contributed by atoms with van der Waals surface area (Å²) in [6.07, 6.45) is 4.82. The van der Waals surface area contributed by atoms with Crippen LogP contribution in [0.4, 0.5) is 11.6 Å². The number of anilines is 2. The van der Waals surface area contributed by atoms with Gasteiger partial charge in [0, 0.05) is 37.1 Å². The van der Waals surface area contributed by atoms with Gasteiger partial charge in [-0.25, -0.2) is 18.4 Å². The van der Waals surface area contributed by atoms with Gasteiger partial charge >= 0.3 is 0 Å². The van der Waals surface area contributed by atoms with Gasteiger partial charge in [-0.1, -0.05) is 0 Å². The normalized spacial score (nSPS) is 17.8. The van der Waals surface area contributed by atoms with Crippen molar-refractivity contribution in [2.75, 3.05) is 59.4 Å². The standard InChI is InChI=1S/C29H37N5O6S/c1-38-25-18-21(19-26(39-2)27(25)40-3)24-10-13-30-28(32-24)31-22-6-8-23(9-7-22)41(36,37)34-16-11-29(35,12-17-34)20-33-14-4-5-15-33/h6-10,13,18-19,35H,4-5,11-12,14-17,20H2,1-3H3,(H,30,31,32). The van der Waals surface area contributed by atoms with E-state index in [-0.39, 0.29) is 4.90 Å². The first-order valence-corrected chi connectivity index (χ1v) is 15.1. The maximum Gasteiger partial charge on any atom is 0.243 e. The van der Waals surface area contributed by atoms with Gasteiger partial charge in [0.25, 0.3) is 0 Å². The molecule has 3 aromatic rings. The highest BCUT2D eigenvalue weighted by atomic mass is 32.2. The second kappa shape index (κ2) is 12.2. The highest BCUT2D eigenvalue weighted by molar-refractivity contribution is 7.89. The van der Waals surface area contributed by atoms with Crippen molar-refractivity contribution < 1.29 is 27.7 Å². The molecule has 0 spiro atoms. The first kappa shape index (κ1) is 29.1. The van der Waals surface area contributed by atoms with Gasteiger partial charge in [0.2, 0.25) is 21.7 Å². The summed E-state index contributed by atoms with van der Waals surface area (Å²) >= 11 is 0. The van der Waals surface area contributed by atoms with E-state index in [0.717, 1.165) is 31.5 Å². The number of hydrogen-bond donors (Lipinski definition) is 2.